The molecule has 1 N–H and O–H groups in total. The normalized spacial score (nSPS) is 10.4. The lowest BCUT2D eigenvalue weighted by molar-refractivity contribution is 0.427. The van der Waals surface area contributed by atoms with Crippen molar-refractivity contribution >= 4 is 11.6 Å². The van der Waals surface area contributed by atoms with Gasteiger partial charge in [-0.05, 0) is 24.7 Å². The van der Waals surface area contributed by atoms with E-state index >= 15 is 0 Å². The van der Waals surface area contributed by atoms with E-state index in [0.717, 1.165) is 5.56 Å². The molecule has 0 aliphatic heterocycles. The second-order valence-electron chi connectivity index (χ2n) is 3.68. The van der Waals surface area contributed by atoms with Crippen molar-refractivity contribution in [2.45, 2.75) is 6.54 Å². The van der Waals surface area contributed by atoms with Crippen LogP contribution in [0.15, 0.2) is 36.5 Å². The summed E-state index contributed by atoms with van der Waals surface area (Å²) in [5.41, 5.74) is 0.848. The minimum absolute atomic E-state index is 0.141. The van der Waals surface area contributed by atoms with Crippen LogP contribution in [0.25, 0.3) is 0 Å². The fourth-order valence-electron chi connectivity index (χ4n) is 1.48. The standard InChI is InChI=1S/C13H12ClFN2O/c1-16-7-9-6-13(17-8-10(9)14)18-12-5-3-2-4-11(12)15/h2-6,8,16H,7H2,1H3. The number of aromatic nitrogens is 1. The highest BCUT2D eigenvalue weighted by Crippen LogP contribution is 2.25. The van der Waals surface area contributed by atoms with E-state index in [-0.39, 0.29) is 5.75 Å². The van der Waals surface area contributed by atoms with Gasteiger partial charge in [0.25, 0.3) is 0 Å². The van der Waals surface area contributed by atoms with Crippen molar-refractivity contribution in [2.24, 2.45) is 0 Å². The van der Waals surface area contributed by atoms with Crippen LogP contribution in [-0.2, 0) is 6.54 Å². The average Bonchev–Trinajstić information content (AvgIpc) is 2.36. The highest BCUT2D eigenvalue weighted by Gasteiger charge is 2.07. The minimum atomic E-state index is -0.426. The third-order valence-corrected chi connectivity index (χ3v) is 2.67. The van der Waals surface area contributed by atoms with Crippen molar-refractivity contribution < 1.29 is 9.13 Å². The smallest absolute Gasteiger partial charge is 0.219 e. The Kier molecular flexibility index (Phi) is 4.12. The van der Waals surface area contributed by atoms with Gasteiger partial charge in [0.2, 0.25) is 5.88 Å². The maximum absolute atomic E-state index is 13.4. The van der Waals surface area contributed by atoms with Crippen molar-refractivity contribution in [1.82, 2.24) is 10.3 Å². The molecule has 0 unspecified atom stereocenters. The molecule has 0 atom stereocenters. The van der Waals surface area contributed by atoms with E-state index in [1.165, 1.54) is 12.3 Å². The van der Waals surface area contributed by atoms with Crippen LogP contribution in [0.3, 0.4) is 0 Å². The number of hydrogen-bond acceptors (Lipinski definition) is 3. The van der Waals surface area contributed by atoms with Crippen LogP contribution >= 0.6 is 11.6 Å². The number of halogens is 2. The maximum atomic E-state index is 13.4. The lowest BCUT2D eigenvalue weighted by Gasteiger charge is -2.08. The van der Waals surface area contributed by atoms with E-state index < -0.39 is 5.82 Å². The molecular formula is C13H12ClFN2O. The van der Waals surface area contributed by atoms with Crippen LogP contribution in [0.4, 0.5) is 4.39 Å². The first-order valence-electron chi connectivity index (χ1n) is 5.42. The van der Waals surface area contributed by atoms with E-state index in [2.05, 4.69) is 10.3 Å². The molecule has 1 aromatic carbocycles. The lowest BCUT2D eigenvalue weighted by atomic mass is 10.2. The van der Waals surface area contributed by atoms with Gasteiger partial charge in [-0.15, -0.1) is 0 Å². The number of para-hydroxylation sites is 1. The number of benzene rings is 1. The van der Waals surface area contributed by atoms with E-state index in [0.29, 0.717) is 17.4 Å². The van der Waals surface area contributed by atoms with Crippen LogP contribution in [0.5, 0.6) is 11.6 Å². The SMILES string of the molecule is CNCc1cc(Oc2ccccc2F)ncc1Cl. The van der Waals surface area contributed by atoms with Gasteiger partial charge in [-0.2, -0.15) is 0 Å². The number of rotatable bonds is 4. The Labute approximate surface area is 110 Å². The predicted molar refractivity (Wildman–Crippen MR) is 68.5 cm³/mol. The molecule has 0 saturated heterocycles. The summed E-state index contributed by atoms with van der Waals surface area (Å²) in [6.45, 7) is 0.592. The van der Waals surface area contributed by atoms with Gasteiger partial charge in [-0.25, -0.2) is 9.37 Å². The molecule has 94 valence electrons. The Balaban J connectivity index is 2.24. The fourth-order valence-corrected chi connectivity index (χ4v) is 1.65. The second kappa shape index (κ2) is 5.80. The van der Waals surface area contributed by atoms with Crippen molar-refractivity contribution in [1.29, 1.82) is 0 Å². The van der Waals surface area contributed by atoms with Crippen LogP contribution in [-0.4, -0.2) is 12.0 Å². The minimum Gasteiger partial charge on any atom is -0.436 e. The zero-order valence-electron chi connectivity index (χ0n) is 9.78. The van der Waals surface area contributed by atoms with Crippen LogP contribution in [0.2, 0.25) is 5.02 Å². The number of pyridine rings is 1. The predicted octanol–water partition coefficient (Wildman–Crippen LogP) is 3.39. The van der Waals surface area contributed by atoms with Gasteiger partial charge in [0.1, 0.15) is 0 Å². The largest absolute Gasteiger partial charge is 0.436 e. The summed E-state index contributed by atoms with van der Waals surface area (Å²) in [5.74, 6) is 0.0295. The van der Waals surface area contributed by atoms with Gasteiger partial charge in [-0.1, -0.05) is 23.7 Å². The first kappa shape index (κ1) is 12.8. The fraction of sp³-hybridized carbons (Fsp3) is 0.154. The molecule has 0 amide bonds. The van der Waals surface area contributed by atoms with Crippen LogP contribution in [0, 0.1) is 5.82 Å². The third kappa shape index (κ3) is 2.97. The summed E-state index contributed by atoms with van der Waals surface area (Å²) in [6.07, 6.45) is 1.49. The lowest BCUT2D eigenvalue weighted by Crippen LogP contribution is -2.06. The van der Waals surface area contributed by atoms with Gasteiger partial charge >= 0.3 is 0 Å². The highest BCUT2D eigenvalue weighted by atomic mass is 35.5. The average molecular weight is 267 g/mol. The summed E-state index contributed by atoms with van der Waals surface area (Å²) in [6, 6.07) is 7.86. The molecule has 3 nitrogen and oxygen atoms in total. The number of ether oxygens (including phenoxy) is 1. The molecule has 0 saturated carbocycles. The number of hydrogen-bond donors (Lipinski definition) is 1. The maximum Gasteiger partial charge on any atom is 0.219 e. The Morgan fingerprint density at radius 3 is 2.89 bits per heavy atom. The van der Waals surface area contributed by atoms with Gasteiger partial charge in [-0.3, -0.25) is 0 Å². The van der Waals surface area contributed by atoms with Crippen LogP contribution in [0.1, 0.15) is 5.56 Å². The monoisotopic (exact) mass is 266 g/mol. The first-order chi connectivity index (χ1) is 8.70. The molecule has 2 rings (SSSR count). The molecule has 1 heterocycles. The molecule has 0 fully saturated rings. The number of nitrogens with one attached hydrogen (secondary N) is 1. The van der Waals surface area contributed by atoms with Gasteiger partial charge in [0.15, 0.2) is 11.6 Å². The van der Waals surface area contributed by atoms with Gasteiger partial charge in [0.05, 0.1) is 5.02 Å². The van der Waals surface area contributed by atoms with Crippen molar-refractivity contribution in [3.63, 3.8) is 0 Å². The Bertz CT molecular complexity index is 548. The van der Waals surface area contributed by atoms with E-state index in [9.17, 15) is 4.39 Å². The van der Waals surface area contributed by atoms with E-state index in [1.54, 1.807) is 24.3 Å². The molecular weight excluding hydrogens is 255 g/mol. The zero-order valence-corrected chi connectivity index (χ0v) is 10.5. The van der Waals surface area contributed by atoms with Gasteiger partial charge in [0, 0.05) is 18.8 Å². The first-order valence-corrected chi connectivity index (χ1v) is 5.80. The summed E-state index contributed by atoms with van der Waals surface area (Å²) < 4.78 is 18.8. The quantitative estimate of drug-likeness (QED) is 0.921. The summed E-state index contributed by atoms with van der Waals surface area (Å²) >= 11 is 5.98. The molecule has 0 aliphatic rings. The molecule has 0 aliphatic carbocycles. The molecule has 2 aromatic rings. The second-order valence-corrected chi connectivity index (χ2v) is 4.08. The molecule has 18 heavy (non-hydrogen) atoms. The molecule has 0 bridgehead atoms. The Morgan fingerprint density at radius 1 is 1.39 bits per heavy atom. The molecule has 0 spiro atoms. The zero-order chi connectivity index (χ0) is 13.0. The topological polar surface area (TPSA) is 34.1 Å². The van der Waals surface area contributed by atoms with Crippen molar-refractivity contribution in [2.75, 3.05) is 7.05 Å². The highest BCUT2D eigenvalue weighted by molar-refractivity contribution is 6.31. The summed E-state index contributed by atoms with van der Waals surface area (Å²) in [4.78, 5) is 4.01. The van der Waals surface area contributed by atoms with E-state index in [1.807, 2.05) is 7.05 Å². The van der Waals surface area contributed by atoms with Crippen molar-refractivity contribution in [3.05, 3.63) is 52.9 Å². The van der Waals surface area contributed by atoms with E-state index in [4.69, 9.17) is 16.3 Å². The Hall–Kier alpha value is -1.65. The summed E-state index contributed by atoms with van der Waals surface area (Å²) in [5, 5.41) is 3.53. The summed E-state index contributed by atoms with van der Waals surface area (Å²) in [7, 11) is 1.81. The Morgan fingerprint density at radius 2 is 2.17 bits per heavy atom. The van der Waals surface area contributed by atoms with Gasteiger partial charge < -0.3 is 10.1 Å². The number of nitrogens with zero attached hydrogens (tertiary/aromatic N) is 1. The third-order valence-electron chi connectivity index (χ3n) is 2.33. The molecule has 5 heteroatoms. The van der Waals surface area contributed by atoms with Crippen LogP contribution < -0.4 is 10.1 Å². The molecule has 1 aromatic heterocycles. The van der Waals surface area contributed by atoms with Crippen molar-refractivity contribution in [3.8, 4) is 11.6 Å². The molecule has 0 radical (unpaired) electrons.